The summed E-state index contributed by atoms with van der Waals surface area (Å²) in [4.78, 5) is 11.0. The Bertz CT molecular complexity index is 1600. The summed E-state index contributed by atoms with van der Waals surface area (Å²) in [6.07, 6.45) is 5.75. The van der Waals surface area contributed by atoms with E-state index in [1.165, 1.54) is 18.5 Å². The van der Waals surface area contributed by atoms with Crippen LogP contribution >= 0.6 is 11.6 Å². The van der Waals surface area contributed by atoms with Crippen LogP contribution in [0, 0.1) is 11.7 Å². The van der Waals surface area contributed by atoms with Crippen LogP contribution in [0.2, 0.25) is 5.02 Å². The molecular formula is C24H25ClFN7O2S. The van der Waals surface area contributed by atoms with Gasteiger partial charge in [0.2, 0.25) is 0 Å². The SMILES string of the molecule is Cn1ncc(-c2nn(C)c3ncnc(N4CCC(S(=O)(=O)CC5CC5)C4)c23)c1-c1ccc(Cl)c(F)c1. The molecule has 4 heterocycles. The molecule has 12 heteroatoms. The van der Waals surface area contributed by atoms with Crippen LogP contribution in [0.3, 0.4) is 0 Å². The zero-order chi connectivity index (χ0) is 25.2. The van der Waals surface area contributed by atoms with Gasteiger partial charge in [0.1, 0.15) is 23.7 Å². The quantitative estimate of drug-likeness (QED) is 0.376. The van der Waals surface area contributed by atoms with Crippen LogP contribution in [0.5, 0.6) is 0 Å². The van der Waals surface area contributed by atoms with Crippen molar-refractivity contribution in [3.8, 4) is 22.5 Å². The van der Waals surface area contributed by atoms with E-state index in [2.05, 4.69) is 15.1 Å². The van der Waals surface area contributed by atoms with Gasteiger partial charge in [-0.25, -0.2) is 27.5 Å². The van der Waals surface area contributed by atoms with E-state index in [9.17, 15) is 12.8 Å². The molecule has 2 aliphatic rings. The third kappa shape index (κ3) is 3.94. The first-order chi connectivity index (χ1) is 17.2. The van der Waals surface area contributed by atoms with Crippen LogP contribution in [0.4, 0.5) is 10.2 Å². The van der Waals surface area contributed by atoms with E-state index in [1.807, 2.05) is 4.90 Å². The minimum absolute atomic E-state index is 0.0432. The highest BCUT2D eigenvalue weighted by atomic mass is 35.5. The average molecular weight is 530 g/mol. The highest BCUT2D eigenvalue weighted by molar-refractivity contribution is 7.92. The molecule has 1 aromatic carbocycles. The summed E-state index contributed by atoms with van der Waals surface area (Å²) in [5.41, 5.74) is 3.20. The smallest absolute Gasteiger partial charge is 0.163 e. The zero-order valence-corrected chi connectivity index (χ0v) is 21.5. The molecule has 1 aliphatic carbocycles. The normalized spacial score (nSPS) is 18.4. The third-order valence-electron chi connectivity index (χ3n) is 7.10. The van der Waals surface area contributed by atoms with Crippen molar-refractivity contribution in [2.24, 2.45) is 20.0 Å². The van der Waals surface area contributed by atoms with Gasteiger partial charge in [-0.2, -0.15) is 10.2 Å². The Labute approximate surface area is 212 Å². The number of hydrogen-bond donors (Lipinski definition) is 0. The van der Waals surface area contributed by atoms with Crippen LogP contribution in [-0.4, -0.2) is 62.0 Å². The van der Waals surface area contributed by atoms with Crippen LogP contribution in [-0.2, 0) is 23.9 Å². The van der Waals surface area contributed by atoms with Gasteiger partial charge in [-0.3, -0.25) is 4.68 Å². The number of sulfone groups is 1. The lowest BCUT2D eigenvalue weighted by molar-refractivity contribution is 0.579. The van der Waals surface area contributed by atoms with E-state index >= 15 is 0 Å². The van der Waals surface area contributed by atoms with Crippen LogP contribution < -0.4 is 4.90 Å². The van der Waals surface area contributed by atoms with Gasteiger partial charge in [0.15, 0.2) is 15.5 Å². The number of aromatic nitrogens is 6. The minimum Gasteiger partial charge on any atom is -0.355 e. The van der Waals surface area contributed by atoms with E-state index < -0.39 is 20.9 Å². The molecule has 188 valence electrons. The van der Waals surface area contributed by atoms with Crippen LogP contribution in [0.1, 0.15) is 19.3 Å². The van der Waals surface area contributed by atoms with Crippen molar-refractivity contribution in [3.63, 3.8) is 0 Å². The standard InChI is InChI=1S/C24H25ClFN7O2S/c1-31-22(15-5-6-18(25)19(26)9-15)17(10-29-31)21-20-23(32(2)30-21)27-13-28-24(20)33-8-7-16(11-33)36(34,35)12-14-3-4-14/h5-6,9-10,13-14,16H,3-4,7-8,11-12H2,1-2H3. The fourth-order valence-electron chi connectivity index (χ4n) is 5.06. The molecule has 1 saturated heterocycles. The molecule has 0 spiro atoms. The van der Waals surface area contributed by atoms with Gasteiger partial charge in [-0.05, 0) is 37.3 Å². The lowest BCUT2D eigenvalue weighted by atomic mass is 10.0. The molecule has 1 atom stereocenters. The summed E-state index contributed by atoms with van der Waals surface area (Å²) in [5.74, 6) is 0.719. The lowest BCUT2D eigenvalue weighted by Crippen LogP contribution is -2.29. The van der Waals surface area contributed by atoms with Crippen molar-refractivity contribution in [3.05, 3.63) is 41.6 Å². The Balaban J connectivity index is 1.44. The largest absolute Gasteiger partial charge is 0.355 e. The summed E-state index contributed by atoms with van der Waals surface area (Å²) in [6, 6.07) is 4.63. The zero-order valence-electron chi connectivity index (χ0n) is 19.9. The van der Waals surface area contributed by atoms with Gasteiger partial charge in [0.25, 0.3) is 0 Å². The van der Waals surface area contributed by atoms with Gasteiger partial charge in [-0.1, -0.05) is 17.7 Å². The third-order valence-corrected chi connectivity index (χ3v) is 9.75. The van der Waals surface area contributed by atoms with Gasteiger partial charge in [-0.15, -0.1) is 0 Å². The Morgan fingerprint density at radius 3 is 2.69 bits per heavy atom. The van der Waals surface area contributed by atoms with Crippen molar-refractivity contribution in [2.45, 2.75) is 24.5 Å². The predicted molar refractivity (Wildman–Crippen MR) is 136 cm³/mol. The van der Waals surface area contributed by atoms with Crippen molar-refractivity contribution in [1.29, 1.82) is 0 Å². The van der Waals surface area contributed by atoms with E-state index in [4.69, 9.17) is 16.7 Å². The molecule has 0 N–H and O–H groups in total. The van der Waals surface area contributed by atoms with Crippen LogP contribution in [0.25, 0.3) is 33.5 Å². The van der Waals surface area contributed by atoms with E-state index in [-0.39, 0.29) is 10.8 Å². The lowest BCUT2D eigenvalue weighted by Gasteiger charge is -2.19. The molecule has 6 rings (SSSR count). The molecule has 1 unspecified atom stereocenters. The van der Waals surface area contributed by atoms with Crippen molar-refractivity contribution >= 4 is 38.3 Å². The molecule has 3 aromatic heterocycles. The second-order valence-electron chi connectivity index (χ2n) is 9.66. The molecule has 1 aliphatic heterocycles. The molecule has 0 amide bonds. The molecule has 1 saturated carbocycles. The molecule has 2 fully saturated rings. The Hall–Kier alpha value is -3.05. The van der Waals surface area contributed by atoms with E-state index in [0.717, 1.165) is 12.8 Å². The van der Waals surface area contributed by atoms with Gasteiger partial charge < -0.3 is 4.90 Å². The van der Waals surface area contributed by atoms with E-state index in [1.54, 1.807) is 35.7 Å². The highest BCUT2D eigenvalue weighted by Gasteiger charge is 2.38. The Morgan fingerprint density at radius 2 is 1.94 bits per heavy atom. The molecule has 36 heavy (non-hydrogen) atoms. The average Bonchev–Trinajstić information content (AvgIpc) is 3.22. The first-order valence-corrected chi connectivity index (χ1v) is 13.9. The number of hydrogen-bond acceptors (Lipinski definition) is 7. The first-order valence-electron chi connectivity index (χ1n) is 11.8. The Morgan fingerprint density at radius 1 is 1.14 bits per heavy atom. The van der Waals surface area contributed by atoms with Crippen LogP contribution in [0.15, 0.2) is 30.7 Å². The fraction of sp³-hybridized carbons (Fsp3) is 0.417. The molecule has 0 radical (unpaired) electrons. The predicted octanol–water partition coefficient (Wildman–Crippen LogP) is 3.63. The minimum atomic E-state index is -3.16. The molecular weight excluding hydrogens is 505 g/mol. The summed E-state index contributed by atoms with van der Waals surface area (Å²) in [7, 11) is 0.420. The molecule has 0 bridgehead atoms. The summed E-state index contributed by atoms with van der Waals surface area (Å²) in [6.45, 7) is 0.967. The number of halogens is 2. The Kier molecular flexibility index (Phi) is 5.52. The summed E-state index contributed by atoms with van der Waals surface area (Å²) in [5, 5.41) is 9.51. The number of nitrogens with zero attached hydrogens (tertiary/aromatic N) is 7. The summed E-state index contributed by atoms with van der Waals surface area (Å²) >= 11 is 5.91. The number of rotatable bonds is 6. The second kappa shape index (κ2) is 8.52. The maximum absolute atomic E-state index is 14.3. The number of anilines is 1. The van der Waals surface area contributed by atoms with Crippen molar-refractivity contribution in [2.75, 3.05) is 23.7 Å². The second-order valence-corrected chi connectivity index (χ2v) is 12.4. The first kappa shape index (κ1) is 23.4. The van der Waals surface area contributed by atoms with Crippen molar-refractivity contribution < 1.29 is 12.8 Å². The number of benzene rings is 1. The number of fused-ring (bicyclic) bond motifs is 1. The van der Waals surface area contributed by atoms with Gasteiger partial charge in [0, 0.05) is 38.3 Å². The highest BCUT2D eigenvalue weighted by Crippen LogP contribution is 2.40. The molecule has 4 aromatic rings. The monoisotopic (exact) mass is 529 g/mol. The maximum Gasteiger partial charge on any atom is 0.163 e. The van der Waals surface area contributed by atoms with Gasteiger partial charge in [0.05, 0.1) is 33.3 Å². The molecule has 9 nitrogen and oxygen atoms in total. The number of aryl methyl sites for hydroxylation is 2. The maximum atomic E-state index is 14.3. The fourth-order valence-corrected chi connectivity index (χ4v) is 7.31. The summed E-state index contributed by atoms with van der Waals surface area (Å²) < 4.78 is 43.5. The van der Waals surface area contributed by atoms with E-state index in [0.29, 0.717) is 64.8 Å². The van der Waals surface area contributed by atoms with Gasteiger partial charge >= 0.3 is 0 Å². The topological polar surface area (TPSA) is 98.8 Å². The van der Waals surface area contributed by atoms with Crippen molar-refractivity contribution in [1.82, 2.24) is 29.5 Å².